The molecule has 1 aliphatic rings. The second kappa shape index (κ2) is 8.17. The van der Waals surface area contributed by atoms with Crippen LogP contribution < -0.4 is 15.4 Å². The topological polar surface area (TPSA) is 75.9 Å². The predicted octanol–water partition coefficient (Wildman–Crippen LogP) is 2.70. The Bertz CT molecular complexity index is 875. The summed E-state index contributed by atoms with van der Waals surface area (Å²) in [6.45, 7) is 0.764. The van der Waals surface area contributed by atoms with Crippen molar-refractivity contribution in [3.63, 3.8) is 0 Å². The number of rotatable bonds is 5. The van der Waals surface area contributed by atoms with E-state index in [9.17, 15) is 9.59 Å². The van der Waals surface area contributed by atoms with Crippen LogP contribution in [0.4, 0.5) is 5.69 Å². The zero-order chi connectivity index (χ0) is 19.6. The minimum Gasteiger partial charge on any atom is -0.477 e. The van der Waals surface area contributed by atoms with Gasteiger partial charge in [-0.15, -0.1) is 0 Å². The van der Waals surface area contributed by atoms with Crippen LogP contribution in [0.15, 0.2) is 42.5 Å². The zero-order valence-electron chi connectivity index (χ0n) is 14.7. The number of primary amides is 1. The van der Waals surface area contributed by atoms with Gasteiger partial charge >= 0.3 is 0 Å². The van der Waals surface area contributed by atoms with Crippen LogP contribution >= 0.6 is 23.2 Å². The van der Waals surface area contributed by atoms with Gasteiger partial charge in [0.1, 0.15) is 5.75 Å². The van der Waals surface area contributed by atoms with Crippen molar-refractivity contribution in [2.24, 2.45) is 5.73 Å². The molecule has 0 fully saturated rings. The number of fused-ring (bicyclic) bond motifs is 1. The van der Waals surface area contributed by atoms with Crippen molar-refractivity contribution >= 4 is 40.7 Å². The highest BCUT2D eigenvalue weighted by Gasteiger charge is 2.32. The highest BCUT2D eigenvalue weighted by atomic mass is 35.5. The van der Waals surface area contributed by atoms with Crippen LogP contribution in [0, 0.1) is 0 Å². The molecule has 2 N–H and O–H groups in total. The van der Waals surface area contributed by atoms with E-state index in [2.05, 4.69) is 0 Å². The Morgan fingerprint density at radius 2 is 1.96 bits per heavy atom. The lowest BCUT2D eigenvalue weighted by molar-refractivity contribution is -0.125. The van der Waals surface area contributed by atoms with E-state index in [0.29, 0.717) is 28.0 Å². The number of nitrogens with two attached hydrogens (primary N) is 1. The molecule has 0 aromatic heterocycles. The summed E-state index contributed by atoms with van der Waals surface area (Å²) in [6, 6.07) is 12.5. The molecule has 0 aliphatic carbocycles. The van der Waals surface area contributed by atoms with E-state index in [1.807, 2.05) is 24.1 Å². The maximum absolute atomic E-state index is 12.9. The minimum absolute atomic E-state index is 0.0891. The second-order valence-corrected chi connectivity index (χ2v) is 7.22. The fraction of sp³-hybridized carbons (Fsp3) is 0.263. The maximum Gasteiger partial charge on any atom is 0.260 e. The largest absolute Gasteiger partial charge is 0.477 e. The number of ether oxygens (including phenoxy) is 1. The van der Waals surface area contributed by atoms with Gasteiger partial charge in [-0.1, -0.05) is 41.4 Å². The fourth-order valence-electron chi connectivity index (χ4n) is 2.94. The highest BCUT2D eigenvalue weighted by molar-refractivity contribution is 6.42. The monoisotopic (exact) mass is 407 g/mol. The summed E-state index contributed by atoms with van der Waals surface area (Å²) < 4.78 is 5.59. The molecule has 0 saturated heterocycles. The average molecular weight is 408 g/mol. The van der Waals surface area contributed by atoms with Crippen molar-refractivity contribution in [1.29, 1.82) is 0 Å². The zero-order valence-corrected chi connectivity index (χ0v) is 16.2. The van der Waals surface area contributed by atoms with Crippen LogP contribution in [-0.2, 0) is 16.1 Å². The van der Waals surface area contributed by atoms with E-state index in [1.54, 1.807) is 35.2 Å². The number of halogens is 2. The Balaban J connectivity index is 1.72. The molecule has 1 atom stereocenters. The van der Waals surface area contributed by atoms with Crippen LogP contribution in [0.3, 0.4) is 0 Å². The lowest BCUT2D eigenvalue weighted by Crippen LogP contribution is -2.51. The number of nitrogens with zero attached hydrogens (tertiary/aromatic N) is 2. The highest BCUT2D eigenvalue weighted by Crippen LogP contribution is 2.33. The number of para-hydroxylation sites is 2. The standard InChI is InChI=1S/C19H19Cl2N3O3/c1-23(9-12-6-7-13(20)14(21)8-12)11-18(25)24-10-17(19(22)26)27-16-5-3-2-4-15(16)24/h2-8,17H,9-11H2,1H3,(H2,22,26)/t17-/m1/s1. The molecule has 2 aromatic rings. The summed E-state index contributed by atoms with van der Waals surface area (Å²) in [5.41, 5.74) is 6.95. The molecule has 8 heteroatoms. The summed E-state index contributed by atoms with van der Waals surface area (Å²) in [4.78, 5) is 27.9. The third-order valence-electron chi connectivity index (χ3n) is 4.23. The van der Waals surface area contributed by atoms with Gasteiger partial charge in [-0.05, 0) is 36.9 Å². The molecule has 142 valence electrons. The van der Waals surface area contributed by atoms with Gasteiger partial charge in [0.15, 0.2) is 6.10 Å². The Labute approximate surface area is 167 Å². The Morgan fingerprint density at radius 3 is 2.67 bits per heavy atom. The quantitative estimate of drug-likeness (QED) is 0.826. The summed E-state index contributed by atoms with van der Waals surface area (Å²) in [6.07, 6.45) is -0.871. The normalized spacial score (nSPS) is 16.0. The maximum atomic E-state index is 12.9. The molecule has 6 nitrogen and oxygen atoms in total. The van der Waals surface area contributed by atoms with Crippen LogP contribution in [0.1, 0.15) is 5.56 Å². The molecular weight excluding hydrogens is 389 g/mol. The number of hydrogen-bond donors (Lipinski definition) is 1. The molecule has 0 radical (unpaired) electrons. The van der Waals surface area contributed by atoms with Crippen LogP contribution in [0.25, 0.3) is 0 Å². The first-order chi connectivity index (χ1) is 12.8. The second-order valence-electron chi connectivity index (χ2n) is 6.40. The van der Waals surface area contributed by atoms with Crippen molar-refractivity contribution in [2.45, 2.75) is 12.6 Å². The Kier molecular flexibility index (Phi) is 5.89. The number of amides is 2. The number of carbonyl (C=O) groups excluding carboxylic acids is 2. The molecule has 3 rings (SSSR count). The van der Waals surface area contributed by atoms with Crippen LogP contribution in [-0.4, -0.2) is 43.0 Å². The van der Waals surface area contributed by atoms with Gasteiger partial charge < -0.3 is 15.4 Å². The first kappa shape index (κ1) is 19.5. The number of anilines is 1. The van der Waals surface area contributed by atoms with E-state index >= 15 is 0 Å². The number of likely N-dealkylation sites (N-methyl/N-ethyl adjacent to an activating group) is 1. The van der Waals surface area contributed by atoms with Crippen molar-refractivity contribution in [2.75, 3.05) is 25.0 Å². The molecule has 0 unspecified atom stereocenters. The molecule has 0 bridgehead atoms. The predicted molar refractivity (Wildman–Crippen MR) is 105 cm³/mol. The third-order valence-corrected chi connectivity index (χ3v) is 4.97. The van der Waals surface area contributed by atoms with Crippen LogP contribution in [0.5, 0.6) is 5.75 Å². The Hall–Kier alpha value is -2.28. The van der Waals surface area contributed by atoms with Gasteiger partial charge in [0.2, 0.25) is 5.91 Å². The average Bonchev–Trinajstić information content (AvgIpc) is 2.63. The van der Waals surface area contributed by atoms with Gasteiger partial charge in [0, 0.05) is 6.54 Å². The molecule has 2 amide bonds. The fourth-order valence-corrected chi connectivity index (χ4v) is 3.26. The molecule has 0 spiro atoms. The number of benzene rings is 2. The lowest BCUT2D eigenvalue weighted by Gasteiger charge is -2.34. The van der Waals surface area contributed by atoms with Crippen molar-refractivity contribution in [3.05, 3.63) is 58.1 Å². The lowest BCUT2D eigenvalue weighted by atomic mass is 10.1. The Morgan fingerprint density at radius 1 is 1.22 bits per heavy atom. The van der Waals surface area contributed by atoms with Crippen molar-refractivity contribution < 1.29 is 14.3 Å². The van der Waals surface area contributed by atoms with Gasteiger partial charge in [0.25, 0.3) is 5.91 Å². The molecular formula is C19H19Cl2N3O3. The molecule has 1 heterocycles. The summed E-state index contributed by atoms with van der Waals surface area (Å²) in [5, 5.41) is 0.960. The third kappa shape index (κ3) is 4.53. The van der Waals surface area contributed by atoms with Gasteiger partial charge in [0.05, 0.1) is 28.8 Å². The van der Waals surface area contributed by atoms with E-state index in [0.717, 1.165) is 5.56 Å². The summed E-state index contributed by atoms with van der Waals surface area (Å²) in [5.74, 6) is -0.293. The first-order valence-electron chi connectivity index (χ1n) is 8.33. The molecule has 0 saturated carbocycles. The molecule has 2 aromatic carbocycles. The van der Waals surface area contributed by atoms with Crippen molar-refractivity contribution in [3.8, 4) is 5.75 Å². The van der Waals surface area contributed by atoms with E-state index < -0.39 is 12.0 Å². The first-order valence-corrected chi connectivity index (χ1v) is 9.08. The summed E-state index contributed by atoms with van der Waals surface area (Å²) >= 11 is 12.0. The molecule has 1 aliphatic heterocycles. The van der Waals surface area contributed by atoms with Gasteiger partial charge in [-0.25, -0.2) is 0 Å². The number of hydrogen-bond acceptors (Lipinski definition) is 4. The number of carbonyl (C=O) groups is 2. The van der Waals surface area contributed by atoms with Gasteiger partial charge in [-0.3, -0.25) is 14.5 Å². The van der Waals surface area contributed by atoms with E-state index in [1.165, 1.54) is 0 Å². The smallest absolute Gasteiger partial charge is 0.260 e. The van der Waals surface area contributed by atoms with Gasteiger partial charge in [-0.2, -0.15) is 0 Å². The minimum atomic E-state index is -0.871. The van der Waals surface area contributed by atoms with Crippen LogP contribution in [0.2, 0.25) is 10.0 Å². The molecule has 27 heavy (non-hydrogen) atoms. The van der Waals surface area contributed by atoms with E-state index in [-0.39, 0.29) is 19.0 Å². The van der Waals surface area contributed by atoms with E-state index in [4.69, 9.17) is 33.7 Å². The SMILES string of the molecule is CN(CC(=O)N1C[C@H](C(N)=O)Oc2ccccc21)Cc1ccc(Cl)c(Cl)c1. The van der Waals surface area contributed by atoms with Crippen molar-refractivity contribution in [1.82, 2.24) is 4.90 Å². The summed E-state index contributed by atoms with van der Waals surface area (Å²) in [7, 11) is 1.83.